The molecular weight excluding hydrogens is 333 g/mol. The Kier molecular flexibility index (Phi) is 3.98. The van der Waals surface area contributed by atoms with Crippen molar-refractivity contribution in [3.05, 3.63) is 24.0 Å². The van der Waals surface area contributed by atoms with E-state index in [2.05, 4.69) is 9.98 Å². The molecule has 0 atom stereocenters. The predicted molar refractivity (Wildman–Crippen MR) is 91.0 cm³/mol. The molecule has 0 amide bonds. The highest BCUT2D eigenvalue weighted by molar-refractivity contribution is 7.90. The van der Waals surface area contributed by atoms with Crippen LogP contribution in [0.15, 0.2) is 33.1 Å². The molecule has 0 saturated heterocycles. The number of rotatable bonds is 2. The zero-order chi connectivity index (χ0) is 17.5. The van der Waals surface area contributed by atoms with Crippen molar-refractivity contribution in [3.8, 4) is 0 Å². The van der Waals surface area contributed by atoms with E-state index in [0.29, 0.717) is 12.8 Å². The Morgan fingerprint density at radius 2 is 1.88 bits per heavy atom. The lowest BCUT2D eigenvalue weighted by atomic mass is 9.87. The highest BCUT2D eigenvalue weighted by atomic mass is 32.2. The number of halogens is 1. The van der Waals surface area contributed by atoms with Crippen molar-refractivity contribution < 1.29 is 12.8 Å². The summed E-state index contributed by atoms with van der Waals surface area (Å²) in [7, 11) is -3.59. The molecule has 9 heteroatoms. The van der Waals surface area contributed by atoms with Crippen LogP contribution in [-0.2, 0) is 9.84 Å². The van der Waals surface area contributed by atoms with E-state index in [1.54, 1.807) is 0 Å². The van der Waals surface area contributed by atoms with Crippen molar-refractivity contribution in [2.75, 3.05) is 11.2 Å². The highest BCUT2D eigenvalue weighted by Crippen LogP contribution is 2.41. The van der Waals surface area contributed by atoms with Crippen LogP contribution in [0, 0.1) is 5.82 Å². The molecule has 1 heterocycles. The lowest BCUT2D eigenvalue weighted by Crippen LogP contribution is -2.58. The first-order valence-electron chi connectivity index (χ1n) is 7.72. The molecule has 1 aromatic rings. The van der Waals surface area contributed by atoms with E-state index in [4.69, 9.17) is 11.5 Å². The van der Waals surface area contributed by atoms with E-state index in [9.17, 15) is 12.8 Å². The number of aliphatic imine (C=N–C) groups is 2. The molecule has 1 saturated carbocycles. The topological polar surface area (TPSA) is 114 Å². The minimum Gasteiger partial charge on any atom is -0.369 e. The first kappa shape index (κ1) is 16.7. The van der Waals surface area contributed by atoms with Gasteiger partial charge in [-0.15, -0.1) is 0 Å². The number of anilines is 1. The molecule has 0 bridgehead atoms. The van der Waals surface area contributed by atoms with E-state index < -0.39 is 21.3 Å². The third-order valence-electron chi connectivity index (χ3n) is 4.41. The summed E-state index contributed by atoms with van der Waals surface area (Å²) in [5, 5.41) is 0. The average molecular weight is 353 g/mol. The van der Waals surface area contributed by atoms with Gasteiger partial charge in [0.15, 0.2) is 9.84 Å². The van der Waals surface area contributed by atoms with Gasteiger partial charge in [0.1, 0.15) is 11.5 Å². The zero-order valence-electron chi connectivity index (χ0n) is 13.4. The molecule has 1 spiro atoms. The lowest BCUT2D eigenvalue weighted by molar-refractivity contribution is 0.304. The Balaban J connectivity index is 2.23. The largest absolute Gasteiger partial charge is 0.369 e. The second kappa shape index (κ2) is 5.73. The second-order valence-corrected chi connectivity index (χ2v) is 8.19. The number of guanidine groups is 2. The molecular formula is C15H20FN5O2S. The van der Waals surface area contributed by atoms with Crippen LogP contribution in [0.1, 0.15) is 32.1 Å². The number of hydrogen-bond donors (Lipinski definition) is 2. The van der Waals surface area contributed by atoms with Gasteiger partial charge in [-0.1, -0.05) is 6.42 Å². The molecule has 4 N–H and O–H groups in total. The van der Waals surface area contributed by atoms with E-state index >= 15 is 0 Å². The third-order valence-corrected chi connectivity index (χ3v) is 5.56. The molecule has 1 aliphatic carbocycles. The first-order chi connectivity index (χ1) is 11.2. The summed E-state index contributed by atoms with van der Waals surface area (Å²) in [4.78, 5) is 9.96. The van der Waals surface area contributed by atoms with Crippen molar-refractivity contribution in [1.82, 2.24) is 0 Å². The molecule has 1 aliphatic heterocycles. The van der Waals surface area contributed by atoms with Crippen LogP contribution in [0.2, 0.25) is 0 Å². The first-order valence-corrected chi connectivity index (χ1v) is 9.61. The summed E-state index contributed by atoms with van der Waals surface area (Å²) in [6.45, 7) is 0. The molecule has 0 unspecified atom stereocenters. The van der Waals surface area contributed by atoms with Crippen molar-refractivity contribution in [1.29, 1.82) is 0 Å². The lowest BCUT2D eigenvalue weighted by Gasteiger charge is -2.46. The zero-order valence-corrected chi connectivity index (χ0v) is 14.2. The minimum absolute atomic E-state index is 0.0114. The number of nitrogens with zero attached hydrogens (tertiary/aromatic N) is 3. The van der Waals surface area contributed by atoms with Crippen LogP contribution >= 0.6 is 0 Å². The average Bonchev–Trinajstić information content (AvgIpc) is 2.45. The van der Waals surface area contributed by atoms with Crippen molar-refractivity contribution in [3.63, 3.8) is 0 Å². The van der Waals surface area contributed by atoms with Crippen LogP contribution in [0.5, 0.6) is 0 Å². The standard InChI is InChI=1S/C15H20FN5O2S/c1-24(22,23)12-6-5-10(16)9-11(12)21-14(18)19-13(17)20-15(21)7-3-2-4-8-15/h5-6,9H,2-4,7-8H2,1H3,(H4,17,18,19,20). The molecule has 0 aromatic heterocycles. The monoisotopic (exact) mass is 353 g/mol. The Morgan fingerprint density at radius 1 is 1.21 bits per heavy atom. The normalized spacial score (nSPS) is 20.7. The molecule has 1 aromatic carbocycles. The van der Waals surface area contributed by atoms with Gasteiger partial charge < -0.3 is 11.5 Å². The van der Waals surface area contributed by atoms with Crippen molar-refractivity contribution in [2.24, 2.45) is 21.5 Å². The predicted octanol–water partition coefficient (Wildman–Crippen LogP) is 1.34. The summed E-state index contributed by atoms with van der Waals surface area (Å²) >= 11 is 0. The fourth-order valence-corrected chi connectivity index (χ4v) is 4.29. The molecule has 24 heavy (non-hydrogen) atoms. The summed E-state index contributed by atoms with van der Waals surface area (Å²) in [6.07, 6.45) is 5.19. The van der Waals surface area contributed by atoms with Gasteiger partial charge in [-0.25, -0.2) is 17.8 Å². The Bertz CT molecular complexity index is 828. The molecule has 1 fully saturated rings. The number of nitrogens with two attached hydrogens (primary N) is 2. The third kappa shape index (κ3) is 2.83. The number of hydrogen-bond acceptors (Lipinski definition) is 7. The van der Waals surface area contributed by atoms with Gasteiger partial charge in [0.05, 0.1) is 10.6 Å². The fourth-order valence-electron chi connectivity index (χ4n) is 3.45. The van der Waals surface area contributed by atoms with Crippen LogP contribution in [-0.4, -0.2) is 32.3 Å². The molecule has 2 aliphatic rings. The SMILES string of the molecule is CS(=O)(=O)c1ccc(F)cc1N1C(N)=NC(N)=NC12CCCCC2. The summed E-state index contributed by atoms with van der Waals surface area (Å²) in [6, 6.07) is 3.51. The highest BCUT2D eigenvalue weighted by Gasteiger charge is 2.44. The maximum atomic E-state index is 13.9. The van der Waals surface area contributed by atoms with Crippen molar-refractivity contribution >= 4 is 27.4 Å². The second-order valence-electron chi connectivity index (χ2n) is 6.20. The molecule has 3 rings (SSSR count). The van der Waals surface area contributed by atoms with E-state index in [1.165, 1.54) is 11.0 Å². The van der Waals surface area contributed by atoms with E-state index in [1.807, 2.05) is 0 Å². The van der Waals surface area contributed by atoms with Gasteiger partial charge >= 0.3 is 0 Å². The maximum Gasteiger partial charge on any atom is 0.220 e. The van der Waals surface area contributed by atoms with E-state index in [0.717, 1.165) is 37.7 Å². The summed E-state index contributed by atoms with van der Waals surface area (Å²) in [5.74, 6) is -0.471. The van der Waals surface area contributed by atoms with Crippen LogP contribution in [0.4, 0.5) is 10.1 Å². The van der Waals surface area contributed by atoms with Gasteiger partial charge in [0.25, 0.3) is 0 Å². The molecule has 0 radical (unpaired) electrons. The quantitative estimate of drug-likeness (QED) is 0.779. The summed E-state index contributed by atoms with van der Waals surface area (Å²) < 4.78 is 38.2. The van der Waals surface area contributed by atoms with Crippen molar-refractivity contribution in [2.45, 2.75) is 42.7 Å². The Hall–Kier alpha value is -2.16. The smallest absolute Gasteiger partial charge is 0.220 e. The van der Waals surface area contributed by atoms with Crippen LogP contribution in [0.25, 0.3) is 0 Å². The van der Waals surface area contributed by atoms with Crippen LogP contribution in [0.3, 0.4) is 0 Å². The molecule has 7 nitrogen and oxygen atoms in total. The summed E-state index contributed by atoms with van der Waals surface area (Å²) in [5.41, 5.74) is 11.2. The van der Waals surface area contributed by atoms with Gasteiger partial charge in [-0.3, -0.25) is 4.90 Å². The van der Waals surface area contributed by atoms with Crippen LogP contribution < -0.4 is 16.4 Å². The van der Waals surface area contributed by atoms with Gasteiger partial charge in [0.2, 0.25) is 11.9 Å². The Morgan fingerprint density at radius 3 is 2.50 bits per heavy atom. The fraction of sp³-hybridized carbons (Fsp3) is 0.467. The number of sulfone groups is 1. The van der Waals surface area contributed by atoms with E-state index in [-0.39, 0.29) is 22.5 Å². The Labute approximate surface area is 140 Å². The van der Waals surface area contributed by atoms with Gasteiger partial charge in [-0.2, -0.15) is 4.99 Å². The molecule has 130 valence electrons. The maximum absolute atomic E-state index is 13.9. The minimum atomic E-state index is -3.59. The number of benzene rings is 1. The van der Waals surface area contributed by atoms with Gasteiger partial charge in [-0.05, 0) is 43.9 Å². The van der Waals surface area contributed by atoms with Gasteiger partial charge in [0, 0.05) is 6.26 Å².